The average Bonchev–Trinajstić information content (AvgIpc) is 2.38. The van der Waals surface area contributed by atoms with Crippen molar-refractivity contribution in [2.24, 2.45) is 11.7 Å². The quantitative estimate of drug-likeness (QED) is 0.793. The van der Waals surface area contributed by atoms with E-state index in [0.29, 0.717) is 0 Å². The predicted octanol–water partition coefficient (Wildman–Crippen LogP) is 3.78. The van der Waals surface area contributed by atoms with Crippen molar-refractivity contribution in [3.8, 4) is 0 Å². The van der Waals surface area contributed by atoms with E-state index in [4.69, 9.17) is 5.73 Å². The van der Waals surface area contributed by atoms with Crippen molar-refractivity contribution in [2.75, 3.05) is 0 Å². The SMILES string of the molecule is CC(N)CCCC(C)C(=O)NC(C)c1ccccc1Br. The molecule has 1 amide bonds. The van der Waals surface area contributed by atoms with Gasteiger partial charge in [-0.25, -0.2) is 0 Å². The second-order valence-corrected chi connectivity index (χ2v) is 6.42. The molecular weight excluding hydrogens is 316 g/mol. The minimum absolute atomic E-state index is 0.00829. The maximum atomic E-state index is 12.2. The number of rotatable bonds is 7. The van der Waals surface area contributed by atoms with Gasteiger partial charge in [0.05, 0.1) is 6.04 Å². The van der Waals surface area contributed by atoms with E-state index in [0.717, 1.165) is 29.3 Å². The van der Waals surface area contributed by atoms with Gasteiger partial charge in [-0.15, -0.1) is 0 Å². The first-order valence-electron chi connectivity index (χ1n) is 7.22. The van der Waals surface area contributed by atoms with E-state index in [9.17, 15) is 4.79 Å². The number of amides is 1. The Morgan fingerprint density at radius 1 is 1.25 bits per heavy atom. The van der Waals surface area contributed by atoms with Crippen LogP contribution in [-0.2, 0) is 4.79 Å². The van der Waals surface area contributed by atoms with Crippen molar-refractivity contribution in [3.63, 3.8) is 0 Å². The molecule has 3 N–H and O–H groups in total. The van der Waals surface area contributed by atoms with Gasteiger partial charge < -0.3 is 11.1 Å². The molecule has 20 heavy (non-hydrogen) atoms. The summed E-state index contributed by atoms with van der Waals surface area (Å²) in [6.07, 6.45) is 2.85. The Hall–Kier alpha value is -0.870. The molecule has 0 saturated carbocycles. The molecule has 1 rings (SSSR count). The van der Waals surface area contributed by atoms with Crippen molar-refractivity contribution >= 4 is 21.8 Å². The highest BCUT2D eigenvalue weighted by Gasteiger charge is 2.17. The van der Waals surface area contributed by atoms with Crippen LogP contribution in [0.25, 0.3) is 0 Å². The van der Waals surface area contributed by atoms with Gasteiger partial charge in [0.15, 0.2) is 0 Å². The number of nitrogens with one attached hydrogen (secondary N) is 1. The Morgan fingerprint density at radius 3 is 2.50 bits per heavy atom. The summed E-state index contributed by atoms with van der Waals surface area (Å²) in [6.45, 7) is 5.98. The van der Waals surface area contributed by atoms with Crippen LogP contribution in [0.2, 0.25) is 0 Å². The first-order valence-corrected chi connectivity index (χ1v) is 8.01. The minimum Gasteiger partial charge on any atom is -0.349 e. The number of hydrogen-bond acceptors (Lipinski definition) is 2. The maximum absolute atomic E-state index is 12.2. The van der Waals surface area contributed by atoms with Gasteiger partial charge >= 0.3 is 0 Å². The molecule has 0 aliphatic carbocycles. The first-order chi connectivity index (χ1) is 9.41. The van der Waals surface area contributed by atoms with Crippen LogP contribution in [0.3, 0.4) is 0 Å². The number of carbonyl (C=O) groups excluding carboxylic acids is 1. The largest absolute Gasteiger partial charge is 0.349 e. The highest BCUT2D eigenvalue weighted by molar-refractivity contribution is 9.10. The van der Waals surface area contributed by atoms with E-state index in [-0.39, 0.29) is 23.9 Å². The van der Waals surface area contributed by atoms with E-state index < -0.39 is 0 Å². The van der Waals surface area contributed by atoms with E-state index in [1.807, 2.05) is 45.0 Å². The summed E-state index contributed by atoms with van der Waals surface area (Å²) < 4.78 is 1.03. The molecule has 112 valence electrons. The van der Waals surface area contributed by atoms with Crippen molar-refractivity contribution in [1.29, 1.82) is 0 Å². The van der Waals surface area contributed by atoms with Crippen molar-refractivity contribution < 1.29 is 4.79 Å². The van der Waals surface area contributed by atoms with Gasteiger partial charge in [0.2, 0.25) is 5.91 Å². The van der Waals surface area contributed by atoms with Gasteiger partial charge in [-0.1, -0.05) is 47.5 Å². The molecule has 4 heteroatoms. The smallest absolute Gasteiger partial charge is 0.223 e. The summed E-state index contributed by atoms with van der Waals surface area (Å²) in [5.74, 6) is 0.136. The lowest BCUT2D eigenvalue weighted by Gasteiger charge is -2.19. The third kappa shape index (κ3) is 5.63. The van der Waals surface area contributed by atoms with Crippen LogP contribution in [0.1, 0.15) is 51.6 Å². The summed E-state index contributed by atoms with van der Waals surface area (Å²) in [5.41, 5.74) is 6.82. The lowest BCUT2D eigenvalue weighted by atomic mass is 10.0. The molecule has 0 spiro atoms. The zero-order valence-electron chi connectivity index (χ0n) is 12.5. The highest BCUT2D eigenvalue weighted by atomic mass is 79.9. The Balaban J connectivity index is 2.47. The zero-order chi connectivity index (χ0) is 15.1. The third-order valence-corrected chi connectivity index (χ3v) is 4.20. The molecule has 3 nitrogen and oxygen atoms in total. The Morgan fingerprint density at radius 2 is 1.90 bits per heavy atom. The normalized spacial score (nSPS) is 15.4. The Bertz CT molecular complexity index is 434. The molecule has 0 saturated heterocycles. The fourth-order valence-corrected chi connectivity index (χ4v) is 2.76. The number of benzene rings is 1. The third-order valence-electron chi connectivity index (χ3n) is 3.47. The van der Waals surface area contributed by atoms with Gasteiger partial charge in [0.25, 0.3) is 0 Å². The summed E-state index contributed by atoms with van der Waals surface area (Å²) in [5, 5.41) is 3.07. The monoisotopic (exact) mass is 340 g/mol. The van der Waals surface area contributed by atoms with Crippen LogP contribution in [0.4, 0.5) is 0 Å². The van der Waals surface area contributed by atoms with Crippen LogP contribution in [0.5, 0.6) is 0 Å². The van der Waals surface area contributed by atoms with Gasteiger partial charge in [-0.2, -0.15) is 0 Å². The number of hydrogen-bond donors (Lipinski definition) is 2. The average molecular weight is 341 g/mol. The summed E-state index contributed by atoms with van der Waals surface area (Å²) in [4.78, 5) is 12.2. The van der Waals surface area contributed by atoms with Crippen molar-refractivity contribution in [2.45, 2.75) is 52.1 Å². The fraction of sp³-hybridized carbons (Fsp3) is 0.562. The molecule has 1 aromatic carbocycles. The second-order valence-electron chi connectivity index (χ2n) is 5.56. The number of carbonyl (C=O) groups is 1. The topological polar surface area (TPSA) is 55.1 Å². The lowest BCUT2D eigenvalue weighted by molar-refractivity contribution is -0.125. The zero-order valence-corrected chi connectivity index (χ0v) is 14.1. The summed E-state index contributed by atoms with van der Waals surface area (Å²) in [6, 6.07) is 8.19. The highest BCUT2D eigenvalue weighted by Crippen LogP contribution is 2.23. The van der Waals surface area contributed by atoms with Crippen molar-refractivity contribution in [1.82, 2.24) is 5.32 Å². The Labute approximate surface area is 130 Å². The van der Waals surface area contributed by atoms with Crippen LogP contribution in [-0.4, -0.2) is 11.9 Å². The van der Waals surface area contributed by atoms with Gasteiger partial charge in [0, 0.05) is 16.4 Å². The minimum atomic E-state index is 0.00829. The molecule has 0 heterocycles. The Kier molecular flexibility index (Phi) is 7.24. The molecule has 0 aliphatic heterocycles. The number of halogens is 1. The molecule has 0 radical (unpaired) electrons. The second kappa shape index (κ2) is 8.42. The van der Waals surface area contributed by atoms with Gasteiger partial charge in [-0.05, 0) is 38.3 Å². The van der Waals surface area contributed by atoms with Crippen molar-refractivity contribution in [3.05, 3.63) is 34.3 Å². The summed E-state index contributed by atoms with van der Waals surface area (Å²) >= 11 is 3.52. The molecular formula is C16H25BrN2O. The molecule has 1 aromatic rings. The number of nitrogens with two attached hydrogens (primary N) is 1. The lowest BCUT2D eigenvalue weighted by Crippen LogP contribution is -2.31. The molecule has 3 atom stereocenters. The van der Waals surface area contributed by atoms with Gasteiger partial charge in [-0.3, -0.25) is 4.79 Å². The van der Waals surface area contributed by atoms with Crippen LogP contribution >= 0.6 is 15.9 Å². The maximum Gasteiger partial charge on any atom is 0.223 e. The predicted molar refractivity (Wildman–Crippen MR) is 87.4 cm³/mol. The van der Waals surface area contributed by atoms with E-state index in [1.165, 1.54) is 0 Å². The van der Waals surface area contributed by atoms with Crippen LogP contribution in [0.15, 0.2) is 28.7 Å². The summed E-state index contributed by atoms with van der Waals surface area (Å²) in [7, 11) is 0. The van der Waals surface area contributed by atoms with Gasteiger partial charge in [0.1, 0.15) is 0 Å². The van der Waals surface area contributed by atoms with Crippen LogP contribution in [0, 0.1) is 5.92 Å². The molecule has 0 fully saturated rings. The van der Waals surface area contributed by atoms with E-state index in [2.05, 4.69) is 21.2 Å². The van der Waals surface area contributed by atoms with E-state index >= 15 is 0 Å². The first kappa shape index (κ1) is 17.2. The molecule has 0 bridgehead atoms. The van der Waals surface area contributed by atoms with E-state index in [1.54, 1.807) is 0 Å². The fourth-order valence-electron chi connectivity index (χ4n) is 2.14. The standard InChI is InChI=1S/C16H25BrN2O/c1-11(7-6-8-12(2)18)16(20)19-13(3)14-9-4-5-10-15(14)17/h4-5,9-13H,6-8,18H2,1-3H3,(H,19,20). The molecule has 0 aliphatic rings. The van der Waals surface area contributed by atoms with Crippen LogP contribution < -0.4 is 11.1 Å². The molecule has 3 unspecified atom stereocenters. The molecule has 0 aromatic heterocycles.